The number of hydrogen-bond donors (Lipinski definition) is 3. The van der Waals surface area contributed by atoms with Gasteiger partial charge < -0.3 is 11.1 Å². The molecule has 0 fully saturated rings. The number of nitrogen functional groups attached to an aromatic ring is 1. The van der Waals surface area contributed by atoms with Gasteiger partial charge in [0, 0.05) is 12.1 Å². The van der Waals surface area contributed by atoms with Crippen molar-refractivity contribution in [3.8, 4) is 0 Å². The summed E-state index contributed by atoms with van der Waals surface area (Å²) in [5, 5.41) is 9.60. The molecule has 0 saturated carbocycles. The maximum Gasteiger partial charge on any atom is 0.123 e. The number of anilines is 1. The fourth-order valence-electron chi connectivity index (χ4n) is 0.722. The summed E-state index contributed by atoms with van der Waals surface area (Å²) >= 11 is 0. The number of aromatic nitrogens is 2. The molecular weight excluding hydrogens is 128 g/mol. The Morgan fingerprint density at radius 3 is 3.10 bits per heavy atom. The first kappa shape index (κ1) is 7.08. The molecule has 0 radical (unpaired) electrons. The second-order valence-electron chi connectivity index (χ2n) is 2.09. The van der Waals surface area contributed by atoms with Crippen LogP contribution in [-0.4, -0.2) is 16.7 Å². The molecule has 0 bridgehead atoms. The predicted octanol–water partition coefficient (Wildman–Crippen LogP) is 0.101. The van der Waals surface area contributed by atoms with Crippen molar-refractivity contribution in [3.05, 3.63) is 11.8 Å². The lowest BCUT2D eigenvalue weighted by molar-refractivity contribution is 0.728. The maximum atomic E-state index is 5.52. The van der Waals surface area contributed by atoms with Crippen molar-refractivity contribution >= 4 is 5.82 Å². The number of nitrogens with zero attached hydrogens (tertiary/aromatic N) is 1. The Morgan fingerprint density at radius 2 is 2.60 bits per heavy atom. The van der Waals surface area contributed by atoms with Crippen LogP contribution in [0, 0.1) is 0 Å². The molecule has 0 amide bonds. The van der Waals surface area contributed by atoms with Gasteiger partial charge in [0.15, 0.2) is 0 Å². The van der Waals surface area contributed by atoms with Crippen molar-refractivity contribution in [2.45, 2.75) is 13.5 Å². The second-order valence-corrected chi connectivity index (χ2v) is 2.09. The normalized spacial score (nSPS) is 10.1. The van der Waals surface area contributed by atoms with Gasteiger partial charge in [-0.05, 0) is 6.54 Å². The van der Waals surface area contributed by atoms with Crippen molar-refractivity contribution in [3.63, 3.8) is 0 Å². The Bertz CT molecular complexity index is 193. The molecular formula is C6H12N4. The van der Waals surface area contributed by atoms with Gasteiger partial charge in [-0.15, -0.1) is 0 Å². The molecule has 0 unspecified atom stereocenters. The van der Waals surface area contributed by atoms with E-state index in [0.29, 0.717) is 5.82 Å². The van der Waals surface area contributed by atoms with Gasteiger partial charge >= 0.3 is 0 Å². The average Bonchev–Trinajstić information content (AvgIpc) is 2.31. The number of H-pyrrole nitrogens is 1. The number of rotatable bonds is 3. The Labute approximate surface area is 59.8 Å². The van der Waals surface area contributed by atoms with Crippen LogP contribution in [0.25, 0.3) is 0 Å². The highest BCUT2D eigenvalue weighted by atomic mass is 15.1. The summed E-state index contributed by atoms with van der Waals surface area (Å²) < 4.78 is 0. The molecule has 1 rings (SSSR count). The number of hydrogen-bond acceptors (Lipinski definition) is 3. The van der Waals surface area contributed by atoms with Gasteiger partial charge in [-0.2, -0.15) is 5.10 Å². The van der Waals surface area contributed by atoms with E-state index in [0.717, 1.165) is 18.7 Å². The monoisotopic (exact) mass is 140 g/mol. The molecule has 0 aliphatic carbocycles. The summed E-state index contributed by atoms with van der Waals surface area (Å²) in [4.78, 5) is 0. The van der Waals surface area contributed by atoms with Crippen molar-refractivity contribution in [2.75, 3.05) is 12.3 Å². The summed E-state index contributed by atoms with van der Waals surface area (Å²) in [6.07, 6.45) is 1.73. The van der Waals surface area contributed by atoms with Crippen LogP contribution in [0.1, 0.15) is 12.5 Å². The van der Waals surface area contributed by atoms with Crippen LogP contribution in [0.5, 0.6) is 0 Å². The van der Waals surface area contributed by atoms with E-state index in [2.05, 4.69) is 22.4 Å². The third-order valence-corrected chi connectivity index (χ3v) is 1.32. The largest absolute Gasteiger partial charge is 0.384 e. The molecule has 10 heavy (non-hydrogen) atoms. The first-order valence-electron chi connectivity index (χ1n) is 3.33. The molecule has 0 atom stereocenters. The molecule has 1 aromatic rings. The first-order chi connectivity index (χ1) is 4.84. The Balaban J connectivity index is 2.49. The fourth-order valence-corrected chi connectivity index (χ4v) is 0.722. The molecule has 0 aliphatic heterocycles. The van der Waals surface area contributed by atoms with Gasteiger partial charge in [0.05, 0.1) is 6.20 Å². The van der Waals surface area contributed by atoms with Gasteiger partial charge in [-0.1, -0.05) is 6.92 Å². The van der Waals surface area contributed by atoms with Crippen molar-refractivity contribution in [1.29, 1.82) is 0 Å². The van der Waals surface area contributed by atoms with Crippen LogP contribution in [0.15, 0.2) is 6.20 Å². The SMILES string of the molecule is CCNCc1cn[nH]c1N. The van der Waals surface area contributed by atoms with Gasteiger partial charge in [0.1, 0.15) is 5.82 Å². The Hall–Kier alpha value is -1.03. The van der Waals surface area contributed by atoms with E-state index in [9.17, 15) is 0 Å². The van der Waals surface area contributed by atoms with Gasteiger partial charge in [-0.25, -0.2) is 0 Å². The van der Waals surface area contributed by atoms with Gasteiger partial charge in [-0.3, -0.25) is 5.10 Å². The number of aromatic amines is 1. The summed E-state index contributed by atoms with van der Waals surface area (Å²) in [6, 6.07) is 0. The lowest BCUT2D eigenvalue weighted by Crippen LogP contribution is -2.12. The molecule has 0 spiro atoms. The molecule has 1 heterocycles. The Morgan fingerprint density at radius 1 is 1.80 bits per heavy atom. The highest BCUT2D eigenvalue weighted by molar-refractivity contribution is 5.36. The lowest BCUT2D eigenvalue weighted by atomic mass is 10.3. The van der Waals surface area contributed by atoms with Crippen LogP contribution in [0.3, 0.4) is 0 Å². The third-order valence-electron chi connectivity index (χ3n) is 1.32. The Kier molecular flexibility index (Phi) is 2.28. The summed E-state index contributed by atoms with van der Waals surface area (Å²) in [7, 11) is 0. The molecule has 0 aliphatic rings. The van der Waals surface area contributed by atoms with Crippen molar-refractivity contribution in [2.24, 2.45) is 0 Å². The predicted molar refractivity (Wildman–Crippen MR) is 40.4 cm³/mol. The minimum absolute atomic E-state index is 0.654. The minimum atomic E-state index is 0.654. The van der Waals surface area contributed by atoms with E-state index in [1.807, 2.05) is 0 Å². The van der Waals surface area contributed by atoms with Crippen LogP contribution in [-0.2, 0) is 6.54 Å². The second kappa shape index (κ2) is 3.22. The van der Waals surface area contributed by atoms with Crippen LogP contribution in [0.2, 0.25) is 0 Å². The third kappa shape index (κ3) is 1.48. The molecule has 0 saturated heterocycles. The fraction of sp³-hybridized carbons (Fsp3) is 0.500. The quantitative estimate of drug-likeness (QED) is 0.558. The van der Waals surface area contributed by atoms with Gasteiger partial charge in [0.25, 0.3) is 0 Å². The number of nitrogens with one attached hydrogen (secondary N) is 2. The average molecular weight is 140 g/mol. The maximum absolute atomic E-state index is 5.52. The molecule has 4 N–H and O–H groups in total. The molecule has 4 heteroatoms. The van der Waals surface area contributed by atoms with E-state index in [1.54, 1.807) is 6.20 Å². The van der Waals surface area contributed by atoms with Crippen LogP contribution in [0.4, 0.5) is 5.82 Å². The molecule has 0 aromatic carbocycles. The molecule has 1 aromatic heterocycles. The summed E-state index contributed by atoms with van der Waals surface area (Å²) in [5.41, 5.74) is 6.55. The summed E-state index contributed by atoms with van der Waals surface area (Å²) in [5.74, 6) is 0.654. The zero-order valence-corrected chi connectivity index (χ0v) is 6.02. The highest BCUT2D eigenvalue weighted by Gasteiger charge is 1.97. The molecule has 4 nitrogen and oxygen atoms in total. The zero-order chi connectivity index (χ0) is 7.40. The van der Waals surface area contributed by atoms with E-state index < -0.39 is 0 Å². The first-order valence-corrected chi connectivity index (χ1v) is 3.33. The van der Waals surface area contributed by atoms with Gasteiger partial charge in [0.2, 0.25) is 0 Å². The van der Waals surface area contributed by atoms with E-state index in [-0.39, 0.29) is 0 Å². The summed E-state index contributed by atoms with van der Waals surface area (Å²) in [6.45, 7) is 3.79. The standard InChI is InChI=1S/C6H12N4/c1-2-8-3-5-4-9-10-6(5)7/h4,8H,2-3H2,1H3,(H3,7,9,10). The smallest absolute Gasteiger partial charge is 0.123 e. The van der Waals surface area contributed by atoms with E-state index in [1.165, 1.54) is 0 Å². The molecule has 56 valence electrons. The van der Waals surface area contributed by atoms with E-state index >= 15 is 0 Å². The highest BCUT2D eigenvalue weighted by Crippen LogP contribution is 2.03. The zero-order valence-electron chi connectivity index (χ0n) is 6.02. The topological polar surface area (TPSA) is 66.7 Å². The van der Waals surface area contributed by atoms with Crippen molar-refractivity contribution < 1.29 is 0 Å². The van der Waals surface area contributed by atoms with Crippen molar-refractivity contribution in [1.82, 2.24) is 15.5 Å². The minimum Gasteiger partial charge on any atom is -0.384 e. The van der Waals surface area contributed by atoms with E-state index in [4.69, 9.17) is 5.73 Å². The van der Waals surface area contributed by atoms with Crippen LogP contribution < -0.4 is 11.1 Å². The number of nitrogens with two attached hydrogens (primary N) is 1. The van der Waals surface area contributed by atoms with Crippen LogP contribution >= 0.6 is 0 Å². The lowest BCUT2D eigenvalue weighted by Gasteiger charge is -1.97.